The average Bonchev–Trinajstić information content (AvgIpc) is 2.97. The molecule has 1 unspecified atom stereocenters. The first-order valence-corrected chi connectivity index (χ1v) is 6.80. The zero-order valence-corrected chi connectivity index (χ0v) is 12.0. The highest BCUT2D eigenvalue weighted by atomic mass is 16.5. The van der Waals surface area contributed by atoms with Gasteiger partial charge in [0, 0.05) is 19.0 Å². The third-order valence-corrected chi connectivity index (χ3v) is 3.01. The van der Waals surface area contributed by atoms with E-state index in [1.54, 1.807) is 13.4 Å². The van der Waals surface area contributed by atoms with Crippen LogP contribution in [-0.4, -0.2) is 26.3 Å². The van der Waals surface area contributed by atoms with Crippen LogP contribution in [0.15, 0.2) is 47.1 Å². The molecule has 1 atom stereocenters. The lowest BCUT2D eigenvalue weighted by atomic mass is 10.2. The van der Waals surface area contributed by atoms with Gasteiger partial charge in [0.15, 0.2) is 0 Å². The van der Waals surface area contributed by atoms with E-state index in [0.29, 0.717) is 12.6 Å². The first-order valence-electron chi connectivity index (χ1n) is 6.80. The van der Waals surface area contributed by atoms with Crippen LogP contribution < -0.4 is 14.8 Å². The molecule has 0 radical (unpaired) electrons. The summed E-state index contributed by atoms with van der Waals surface area (Å²) >= 11 is 0. The van der Waals surface area contributed by atoms with Crippen LogP contribution >= 0.6 is 0 Å². The summed E-state index contributed by atoms with van der Waals surface area (Å²) in [6, 6.07) is 11.9. The molecule has 0 spiro atoms. The quantitative estimate of drug-likeness (QED) is 0.752. The summed E-state index contributed by atoms with van der Waals surface area (Å²) in [6.45, 7) is 3.57. The maximum absolute atomic E-state index is 5.65. The van der Waals surface area contributed by atoms with Crippen molar-refractivity contribution in [2.45, 2.75) is 19.4 Å². The predicted molar refractivity (Wildman–Crippen MR) is 78.4 cm³/mol. The first kappa shape index (κ1) is 14.5. The Morgan fingerprint density at radius 3 is 2.55 bits per heavy atom. The summed E-state index contributed by atoms with van der Waals surface area (Å²) in [4.78, 5) is 0. The second kappa shape index (κ2) is 7.60. The molecule has 20 heavy (non-hydrogen) atoms. The number of hydrogen-bond acceptors (Lipinski definition) is 4. The molecule has 0 saturated heterocycles. The van der Waals surface area contributed by atoms with E-state index in [4.69, 9.17) is 13.9 Å². The molecule has 4 heteroatoms. The Kier molecular flexibility index (Phi) is 5.50. The van der Waals surface area contributed by atoms with Crippen LogP contribution in [-0.2, 0) is 6.42 Å². The number of benzene rings is 1. The van der Waals surface area contributed by atoms with E-state index in [0.717, 1.165) is 30.2 Å². The first-order chi connectivity index (χ1) is 9.78. The van der Waals surface area contributed by atoms with Crippen LogP contribution in [0.5, 0.6) is 11.5 Å². The normalized spacial score (nSPS) is 12.1. The van der Waals surface area contributed by atoms with Crippen molar-refractivity contribution in [2.24, 2.45) is 0 Å². The fraction of sp³-hybridized carbons (Fsp3) is 0.375. The van der Waals surface area contributed by atoms with Gasteiger partial charge in [-0.05, 0) is 43.3 Å². The Balaban J connectivity index is 1.63. The minimum atomic E-state index is 0.362. The number of hydrogen-bond donors (Lipinski definition) is 1. The Hall–Kier alpha value is -1.94. The van der Waals surface area contributed by atoms with Crippen LogP contribution in [0, 0.1) is 0 Å². The van der Waals surface area contributed by atoms with E-state index in [1.165, 1.54) is 0 Å². The Bertz CT molecular complexity index is 479. The molecule has 1 N–H and O–H groups in total. The van der Waals surface area contributed by atoms with Crippen LogP contribution in [0.1, 0.15) is 12.7 Å². The monoisotopic (exact) mass is 275 g/mol. The van der Waals surface area contributed by atoms with Crippen molar-refractivity contribution < 1.29 is 13.9 Å². The van der Waals surface area contributed by atoms with Crippen molar-refractivity contribution in [1.82, 2.24) is 5.32 Å². The zero-order valence-electron chi connectivity index (χ0n) is 12.0. The van der Waals surface area contributed by atoms with E-state index < -0.39 is 0 Å². The molecule has 0 aliphatic rings. The summed E-state index contributed by atoms with van der Waals surface area (Å²) in [5.74, 6) is 2.69. The van der Waals surface area contributed by atoms with Gasteiger partial charge in [-0.3, -0.25) is 0 Å². The molecule has 0 saturated carbocycles. The lowest BCUT2D eigenvalue weighted by Crippen LogP contribution is -2.31. The van der Waals surface area contributed by atoms with Crippen molar-refractivity contribution in [3.05, 3.63) is 48.4 Å². The number of rotatable bonds is 8. The van der Waals surface area contributed by atoms with Gasteiger partial charge in [-0.25, -0.2) is 0 Å². The summed E-state index contributed by atoms with van der Waals surface area (Å²) in [5, 5.41) is 3.40. The van der Waals surface area contributed by atoms with E-state index >= 15 is 0 Å². The van der Waals surface area contributed by atoms with Crippen molar-refractivity contribution in [1.29, 1.82) is 0 Å². The van der Waals surface area contributed by atoms with Gasteiger partial charge >= 0.3 is 0 Å². The van der Waals surface area contributed by atoms with Crippen molar-refractivity contribution >= 4 is 0 Å². The number of ether oxygens (including phenoxy) is 2. The van der Waals surface area contributed by atoms with Crippen molar-refractivity contribution in [3.8, 4) is 11.5 Å². The molecule has 1 aromatic heterocycles. The number of nitrogens with one attached hydrogen (secondary N) is 1. The van der Waals surface area contributed by atoms with Gasteiger partial charge in [-0.1, -0.05) is 0 Å². The summed E-state index contributed by atoms with van der Waals surface area (Å²) in [5.41, 5.74) is 0. The number of methoxy groups -OCH3 is 1. The highest BCUT2D eigenvalue weighted by Crippen LogP contribution is 2.16. The number of furan rings is 1. The van der Waals surface area contributed by atoms with Gasteiger partial charge in [-0.2, -0.15) is 0 Å². The third kappa shape index (κ3) is 4.63. The van der Waals surface area contributed by atoms with Crippen LogP contribution in [0.2, 0.25) is 0 Å². The van der Waals surface area contributed by atoms with E-state index in [1.807, 2.05) is 36.4 Å². The largest absolute Gasteiger partial charge is 0.497 e. The molecule has 0 aliphatic heterocycles. The minimum Gasteiger partial charge on any atom is -0.497 e. The maximum atomic E-state index is 5.65. The van der Waals surface area contributed by atoms with Gasteiger partial charge in [0.05, 0.1) is 13.4 Å². The predicted octanol–water partition coefficient (Wildman–Crippen LogP) is 2.89. The molecule has 108 valence electrons. The SMILES string of the molecule is COc1ccc(OCCNC(C)Cc2ccco2)cc1. The second-order valence-corrected chi connectivity index (χ2v) is 4.66. The van der Waals surface area contributed by atoms with Crippen LogP contribution in [0.3, 0.4) is 0 Å². The molecule has 0 amide bonds. The third-order valence-electron chi connectivity index (χ3n) is 3.01. The Morgan fingerprint density at radius 1 is 1.15 bits per heavy atom. The fourth-order valence-electron chi connectivity index (χ4n) is 1.95. The Labute approximate surface area is 119 Å². The molecule has 1 heterocycles. The molecular formula is C16H21NO3. The van der Waals surface area contributed by atoms with Crippen molar-refractivity contribution in [2.75, 3.05) is 20.3 Å². The fourth-order valence-corrected chi connectivity index (χ4v) is 1.95. The van der Waals surface area contributed by atoms with Gasteiger partial charge in [0.25, 0.3) is 0 Å². The highest BCUT2D eigenvalue weighted by Gasteiger charge is 2.04. The molecular weight excluding hydrogens is 254 g/mol. The van der Waals surface area contributed by atoms with Gasteiger partial charge in [0.1, 0.15) is 23.9 Å². The molecule has 0 aliphatic carbocycles. The molecule has 1 aromatic carbocycles. The molecule has 2 rings (SSSR count). The second-order valence-electron chi connectivity index (χ2n) is 4.66. The Morgan fingerprint density at radius 2 is 1.90 bits per heavy atom. The van der Waals surface area contributed by atoms with Crippen LogP contribution in [0.25, 0.3) is 0 Å². The minimum absolute atomic E-state index is 0.362. The smallest absolute Gasteiger partial charge is 0.119 e. The lowest BCUT2D eigenvalue weighted by molar-refractivity contribution is 0.304. The van der Waals surface area contributed by atoms with Gasteiger partial charge in [-0.15, -0.1) is 0 Å². The summed E-state index contributed by atoms with van der Waals surface area (Å²) in [6.07, 6.45) is 2.59. The maximum Gasteiger partial charge on any atom is 0.119 e. The van der Waals surface area contributed by atoms with Crippen LogP contribution in [0.4, 0.5) is 0 Å². The van der Waals surface area contributed by atoms with E-state index in [9.17, 15) is 0 Å². The topological polar surface area (TPSA) is 43.6 Å². The van der Waals surface area contributed by atoms with E-state index in [2.05, 4.69) is 12.2 Å². The lowest BCUT2D eigenvalue weighted by Gasteiger charge is -2.13. The standard InChI is InChI=1S/C16H21NO3/c1-13(12-16-4-3-10-19-16)17-9-11-20-15-7-5-14(18-2)6-8-15/h3-8,10,13,17H,9,11-12H2,1-2H3. The van der Waals surface area contributed by atoms with Gasteiger partial charge in [0.2, 0.25) is 0 Å². The molecule has 4 nitrogen and oxygen atoms in total. The van der Waals surface area contributed by atoms with Gasteiger partial charge < -0.3 is 19.2 Å². The molecule has 0 bridgehead atoms. The molecule has 2 aromatic rings. The summed E-state index contributed by atoms with van der Waals surface area (Å²) < 4.78 is 16.1. The van der Waals surface area contributed by atoms with Crippen molar-refractivity contribution in [3.63, 3.8) is 0 Å². The summed E-state index contributed by atoms with van der Waals surface area (Å²) in [7, 11) is 1.65. The zero-order chi connectivity index (χ0) is 14.2. The molecule has 0 fully saturated rings. The average molecular weight is 275 g/mol. The van der Waals surface area contributed by atoms with E-state index in [-0.39, 0.29) is 0 Å². The highest BCUT2D eigenvalue weighted by molar-refractivity contribution is 5.31.